The second-order valence-corrected chi connectivity index (χ2v) is 8.83. The summed E-state index contributed by atoms with van der Waals surface area (Å²) in [6.45, 7) is 10.2. The van der Waals surface area contributed by atoms with E-state index in [2.05, 4.69) is 42.9 Å². The first-order valence-electron chi connectivity index (χ1n) is 9.40. The molecule has 2 aliphatic rings. The molecule has 0 radical (unpaired) electrons. The first-order valence-corrected chi connectivity index (χ1v) is 9.40. The van der Waals surface area contributed by atoms with Gasteiger partial charge in [-0.25, -0.2) is 0 Å². The van der Waals surface area contributed by atoms with Crippen LogP contribution in [0.2, 0.25) is 0 Å². The third-order valence-corrected chi connectivity index (χ3v) is 5.90. The van der Waals surface area contributed by atoms with Gasteiger partial charge in [-0.15, -0.1) is 0 Å². The molecule has 3 N–H and O–H groups in total. The summed E-state index contributed by atoms with van der Waals surface area (Å²) in [4.78, 5) is 2.29. The maximum absolute atomic E-state index is 6.26. The summed E-state index contributed by atoms with van der Waals surface area (Å²) in [6.07, 6.45) is 5.93. The monoisotopic (exact) mass is 334 g/mol. The van der Waals surface area contributed by atoms with Crippen LogP contribution in [0.5, 0.6) is 0 Å². The Hall–Kier alpha value is -0.910. The van der Waals surface area contributed by atoms with E-state index in [1.54, 1.807) is 0 Å². The number of hydrogen-bond donors (Lipinski definition) is 2. The molecule has 0 aromatic carbocycles. The van der Waals surface area contributed by atoms with Crippen molar-refractivity contribution in [2.45, 2.75) is 70.9 Å². The van der Waals surface area contributed by atoms with E-state index in [9.17, 15) is 0 Å². The highest BCUT2D eigenvalue weighted by Crippen LogP contribution is 2.50. The molecule has 3 rings (SSSR count). The number of nitrogens with zero attached hydrogens (tertiary/aromatic N) is 2. The van der Waals surface area contributed by atoms with E-state index in [0.717, 1.165) is 19.7 Å². The number of likely N-dealkylation sites (N-methyl/N-ethyl adjacent to an activating group) is 1. The van der Waals surface area contributed by atoms with Crippen LogP contribution in [0.3, 0.4) is 0 Å². The molecule has 1 aromatic rings. The summed E-state index contributed by atoms with van der Waals surface area (Å²) in [5.41, 5.74) is 10.0. The van der Waals surface area contributed by atoms with Crippen LogP contribution in [0.25, 0.3) is 0 Å². The Morgan fingerprint density at radius 2 is 2.04 bits per heavy atom. The van der Waals surface area contributed by atoms with E-state index in [-0.39, 0.29) is 5.60 Å². The lowest BCUT2D eigenvalue weighted by atomic mass is 9.72. The van der Waals surface area contributed by atoms with Gasteiger partial charge in [0.15, 0.2) is 0 Å². The van der Waals surface area contributed by atoms with Gasteiger partial charge < -0.3 is 15.4 Å². The van der Waals surface area contributed by atoms with Crippen molar-refractivity contribution in [3.63, 3.8) is 0 Å². The summed E-state index contributed by atoms with van der Waals surface area (Å²) in [7, 11) is 2.13. The number of ether oxygens (including phenoxy) is 1. The maximum atomic E-state index is 6.26. The minimum absolute atomic E-state index is 0.141. The van der Waals surface area contributed by atoms with Crippen molar-refractivity contribution in [1.29, 1.82) is 0 Å². The summed E-state index contributed by atoms with van der Waals surface area (Å²) in [5, 5.41) is 7.89. The summed E-state index contributed by atoms with van der Waals surface area (Å²) in [6, 6.07) is 0. The highest BCUT2D eigenvalue weighted by Gasteiger charge is 2.46. The molecule has 5 heteroatoms. The SMILES string of the molecule is Cc1[nH]nc([C@H]2CC[C@]3(CC2)CC(C)(C)CO3)c1CN(C)CCN. The summed E-state index contributed by atoms with van der Waals surface area (Å²) < 4.78 is 6.26. The van der Waals surface area contributed by atoms with E-state index in [1.807, 2.05) is 0 Å². The molecule has 1 aromatic heterocycles. The molecule has 2 heterocycles. The number of H-pyrrole nitrogens is 1. The molecule has 1 saturated carbocycles. The molecule has 0 unspecified atom stereocenters. The molecule has 1 aliphatic heterocycles. The first kappa shape index (κ1) is 17.9. The lowest BCUT2D eigenvalue weighted by Crippen LogP contribution is -2.34. The van der Waals surface area contributed by atoms with Crippen molar-refractivity contribution in [1.82, 2.24) is 15.1 Å². The molecule has 24 heavy (non-hydrogen) atoms. The van der Waals surface area contributed by atoms with E-state index >= 15 is 0 Å². The van der Waals surface area contributed by atoms with Crippen LogP contribution in [-0.4, -0.2) is 47.4 Å². The van der Waals surface area contributed by atoms with Gasteiger partial charge in [0, 0.05) is 36.8 Å². The quantitative estimate of drug-likeness (QED) is 0.869. The maximum Gasteiger partial charge on any atom is 0.0700 e. The van der Waals surface area contributed by atoms with E-state index < -0.39 is 0 Å². The largest absolute Gasteiger partial charge is 0.374 e. The lowest BCUT2D eigenvalue weighted by Gasteiger charge is -2.37. The summed E-state index contributed by atoms with van der Waals surface area (Å²) in [5.74, 6) is 0.564. The van der Waals surface area contributed by atoms with E-state index in [4.69, 9.17) is 10.5 Å². The Kier molecular flexibility index (Phi) is 5.05. The molecule has 2 fully saturated rings. The topological polar surface area (TPSA) is 67.2 Å². The summed E-state index contributed by atoms with van der Waals surface area (Å²) >= 11 is 0. The van der Waals surface area contributed by atoms with Gasteiger partial charge in [-0.3, -0.25) is 5.10 Å². The van der Waals surface area contributed by atoms with Gasteiger partial charge in [-0.05, 0) is 51.5 Å². The van der Waals surface area contributed by atoms with Gasteiger partial charge in [0.25, 0.3) is 0 Å². The highest BCUT2D eigenvalue weighted by molar-refractivity contribution is 5.28. The molecule has 0 bridgehead atoms. The lowest BCUT2D eigenvalue weighted by molar-refractivity contribution is -0.0296. The minimum atomic E-state index is 0.141. The number of aryl methyl sites for hydroxylation is 1. The van der Waals surface area contributed by atoms with Crippen molar-refractivity contribution >= 4 is 0 Å². The highest BCUT2D eigenvalue weighted by atomic mass is 16.5. The molecule has 136 valence electrons. The van der Waals surface area contributed by atoms with E-state index in [0.29, 0.717) is 17.9 Å². The van der Waals surface area contributed by atoms with Crippen molar-refractivity contribution < 1.29 is 4.74 Å². The van der Waals surface area contributed by atoms with Crippen LogP contribution < -0.4 is 5.73 Å². The molecular formula is C19H34N4O. The minimum Gasteiger partial charge on any atom is -0.374 e. The zero-order chi connectivity index (χ0) is 17.4. The van der Waals surface area contributed by atoms with Crippen molar-refractivity contribution in [2.24, 2.45) is 11.1 Å². The van der Waals surface area contributed by atoms with Gasteiger partial charge in [0.05, 0.1) is 17.9 Å². The van der Waals surface area contributed by atoms with Crippen molar-refractivity contribution in [2.75, 3.05) is 26.7 Å². The smallest absolute Gasteiger partial charge is 0.0700 e. The van der Waals surface area contributed by atoms with Crippen molar-refractivity contribution in [3.05, 3.63) is 17.0 Å². The average molecular weight is 335 g/mol. The van der Waals surface area contributed by atoms with Crippen molar-refractivity contribution in [3.8, 4) is 0 Å². The van der Waals surface area contributed by atoms with Crippen LogP contribution in [0.15, 0.2) is 0 Å². The predicted molar refractivity (Wildman–Crippen MR) is 97.0 cm³/mol. The normalized spacial score (nSPS) is 29.7. The van der Waals surface area contributed by atoms with Gasteiger partial charge in [-0.2, -0.15) is 5.10 Å². The van der Waals surface area contributed by atoms with Gasteiger partial charge in [-0.1, -0.05) is 13.8 Å². The van der Waals surface area contributed by atoms with Crippen LogP contribution in [-0.2, 0) is 11.3 Å². The molecule has 0 amide bonds. The Morgan fingerprint density at radius 1 is 1.33 bits per heavy atom. The fourth-order valence-electron chi connectivity index (χ4n) is 4.64. The van der Waals surface area contributed by atoms with Crippen LogP contribution in [0.1, 0.15) is 68.8 Å². The van der Waals surface area contributed by atoms with Crippen LogP contribution in [0, 0.1) is 12.3 Å². The molecule has 0 atom stereocenters. The third kappa shape index (κ3) is 3.68. The number of aromatic amines is 1. The zero-order valence-corrected chi connectivity index (χ0v) is 15.8. The fourth-order valence-corrected chi connectivity index (χ4v) is 4.64. The second kappa shape index (κ2) is 6.77. The predicted octanol–water partition coefficient (Wildman–Crippen LogP) is 2.95. The van der Waals surface area contributed by atoms with E-state index in [1.165, 1.54) is 49.1 Å². The zero-order valence-electron chi connectivity index (χ0n) is 15.8. The molecule has 1 aliphatic carbocycles. The molecule has 1 spiro atoms. The number of hydrogen-bond acceptors (Lipinski definition) is 4. The number of nitrogens with one attached hydrogen (secondary N) is 1. The number of rotatable bonds is 5. The first-order chi connectivity index (χ1) is 11.3. The van der Waals surface area contributed by atoms with Gasteiger partial charge in [0.1, 0.15) is 0 Å². The Morgan fingerprint density at radius 3 is 2.62 bits per heavy atom. The second-order valence-electron chi connectivity index (χ2n) is 8.83. The Balaban J connectivity index is 1.67. The third-order valence-electron chi connectivity index (χ3n) is 5.90. The average Bonchev–Trinajstić information content (AvgIpc) is 3.02. The molecular weight excluding hydrogens is 300 g/mol. The Labute approximate surface area is 146 Å². The fraction of sp³-hybridized carbons (Fsp3) is 0.842. The van der Waals surface area contributed by atoms with Gasteiger partial charge >= 0.3 is 0 Å². The Bertz CT molecular complexity index is 558. The number of nitrogens with two attached hydrogens (primary N) is 1. The van der Waals surface area contributed by atoms with Crippen LogP contribution in [0.4, 0.5) is 0 Å². The number of aromatic nitrogens is 2. The van der Waals surface area contributed by atoms with Crippen LogP contribution >= 0.6 is 0 Å². The van der Waals surface area contributed by atoms with Gasteiger partial charge in [0.2, 0.25) is 0 Å². The standard InChI is InChI=1S/C19H34N4O/c1-14-16(11-23(4)10-9-20)17(22-21-14)15-5-7-19(8-6-15)12-18(2,3)13-24-19/h15H,5-13,20H2,1-4H3,(H,21,22)/t15-,19-. The molecule has 5 nitrogen and oxygen atoms in total. The molecule has 1 saturated heterocycles.